The van der Waals surface area contributed by atoms with Crippen LogP contribution in [0.15, 0.2) is 23.2 Å². The summed E-state index contributed by atoms with van der Waals surface area (Å²) in [5.74, 6) is 0.317. The van der Waals surface area contributed by atoms with Crippen molar-refractivity contribution in [2.75, 3.05) is 20.0 Å². The fourth-order valence-electron chi connectivity index (χ4n) is 2.72. The predicted octanol–water partition coefficient (Wildman–Crippen LogP) is 3.55. The van der Waals surface area contributed by atoms with E-state index in [1.165, 1.54) is 25.6 Å². The third-order valence-electron chi connectivity index (χ3n) is 3.80. The van der Waals surface area contributed by atoms with Crippen LogP contribution in [0.25, 0.3) is 0 Å². The number of benzene rings is 1. The van der Waals surface area contributed by atoms with Gasteiger partial charge in [-0.15, -0.1) is 23.1 Å². The van der Waals surface area contributed by atoms with Crippen LogP contribution in [-0.4, -0.2) is 36.0 Å². The molecule has 3 rings (SSSR count). The van der Waals surface area contributed by atoms with E-state index in [0.717, 1.165) is 15.5 Å². The van der Waals surface area contributed by atoms with Crippen LogP contribution in [0.4, 0.5) is 0 Å². The van der Waals surface area contributed by atoms with Crippen molar-refractivity contribution in [3.05, 3.63) is 32.6 Å². The molecule has 122 valence electrons. The van der Waals surface area contributed by atoms with Gasteiger partial charge in [-0.05, 0) is 29.9 Å². The Balaban J connectivity index is 2.14. The molecule has 0 saturated heterocycles. The normalized spacial score (nSPS) is 19.9. The van der Waals surface area contributed by atoms with Gasteiger partial charge in [0.2, 0.25) is 0 Å². The maximum atomic E-state index is 12.2. The van der Waals surface area contributed by atoms with E-state index in [1.807, 2.05) is 0 Å². The van der Waals surface area contributed by atoms with Crippen LogP contribution in [0.5, 0.6) is 11.5 Å². The van der Waals surface area contributed by atoms with Crippen molar-refractivity contribution >= 4 is 41.3 Å². The van der Waals surface area contributed by atoms with Gasteiger partial charge in [0.05, 0.1) is 25.2 Å². The first-order valence-corrected chi connectivity index (χ1v) is 9.06. The molecule has 1 aromatic carbocycles. The van der Waals surface area contributed by atoms with Crippen LogP contribution in [0.2, 0.25) is 0 Å². The number of H-pyrrole nitrogens is 1. The molecular weight excluding hydrogens is 354 g/mol. The molecule has 2 unspecified atom stereocenters. The molecule has 0 fully saturated rings. The number of methoxy groups -OCH3 is 2. The number of fused-ring (bicyclic) bond motifs is 1. The van der Waals surface area contributed by atoms with Gasteiger partial charge in [-0.1, -0.05) is 6.07 Å². The van der Waals surface area contributed by atoms with Crippen LogP contribution >= 0.6 is 35.3 Å². The number of rotatable bonds is 3. The first-order chi connectivity index (χ1) is 11.0. The average Bonchev–Trinajstić information content (AvgIpc) is 2.94. The molecular formula is C15H15NO4S3. The Hall–Kier alpha value is -1.51. The van der Waals surface area contributed by atoms with Gasteiger partial charge >= 0.3 is 5.97 Å². The van der Waals surface area contributed by atoms with E-state index >= 15 is 0 Å². The molecule has 2 aromatic rings. The summed E-state index contributed by atoms with van der Waals surface area (Å²) in [6.07, 6.45) is 0. The Morgan fingerprint density at radius 1 is 1.43 bits per heavy atom. The summed E-state index contributed by atoms with van der Waals surface area (Å²) in [6.45, 7) is 0. The highest BCUT2D eigenvalue weighted by Crippen LogP contribution is 2.47. The van der Waals surface area contributed by atoms with Crippen molar-refractivity contribution in [2.24, 2.45) is 5.92 Å². The van der Waals surface area contributed by atoms with E-state index < -0.39 is 0 Å². The van der Waals surface area contributed by atoms with Gasteiger partial charge in [0.1, 0.15) is 0 Å². The van der Waals surface area contributed by atoms with E-state index in [4.69, 9.17) is 21.7 Å². The number of phenols is 1. The molecule has 0 aliphatic carbocycles. The van der Waals surface area contributed by atoms with E-state index in [-0.39, 0.29) is 23.6 Å². The Kier molecular flexibility index (Phi) is 4.65. The van der Waals surface area contributed by atoms with Crippen molar-refractivity contribution in [1.82, 2.24) is 4.98 Å². The van der Waals surface area contributed by atoms with Gasteiger partial charge in [0, 0.05) is 16.5 Å². The smallest absolute Gasteiger partial charge is 0.310 e. The van der Waals surface area contributed by atoms with E-state index in [0.29, 0.717) is 15.5 Å². The summed E-state index contributed by atoms with van der Waals surface area (Å²) in [4.78, 5) is 16.4. The number of esters is 1. The number of aromatic hydroxyl groups is 1. The second-order valence-corrected chi connectivity index (χ2v) is 7.81. The maximum Gasteiger partial charge on any atom is 0.310 e. The summed E-state index contributed by atoms with van der Waals surface area (Å²) in [5.41, 5.74) is 0.891. The molecule has 0 bridgehead atoms. The predicted molar refractivity (Wildman–Crippen MR) is 92.2 cm³/mol. The third-order valence-corrected chi connectivity index (χ3v) is 6.38. The number of nitrogens with one attached hydrogen (secondary N) is 1. The topological polar surface area (TPSA) is 71.6 Å². The molecule has 2 atom stereocenters. The second kappa shape index (κ2) is 6.54. The molecule has 0 saturated carbocycles. The van der Waals surface area contributed by atoms with Crippen LogP contribution in [-0.2, 0) is 9.53 Å². The maximum absolute atomic E-state index is 12.2. The Bertz CT molecular complexity index is 798. The van der Waals surface area contributed by atoms with Crippen molar-refractivity contribution in [3.63, 3.8) is 0 Å². The van der Waals surface area contributed by atoms with E-state index in [9.17, 15) is 9.90 Å². The van der Waals surface area contributed by atoms with Crippen LogP contribution in [0.1, 0.15) is 16.4 Å². The molecule has 0 spiro atoms. The average molecular weight is 369 g/mol. The number of carbonyl (C=O) groups excluding carboxylic acids is 1. The minimum atomic E-state index is -0.312. The molecule has 1 aromatic heterocycles. The zero-order valence-electron chi connectivity index (χ0n) is 12.5. The third kappa shape index (κ3) is 2.98. The number of thioether (sulfide) groups is 1. The lowest BCUT2D eigenvalue weighted by atomic mass is 9.85. The van der Waals surface area contributed by atoms with Crippen molar-refractivity contribution in [2.45, 2.75) is 10.9 Å². The summed E-state index contributed by atoms with van der Waals surface area (Å²) in [6, 6.07) is 5.15. The quantitative estimate of drug-likeness (QED) is 0.637. The first-order valence-electron chi connectivity index (χ1n) is 6.85. The van der Waals surface area contributed by atoms with Gasteiger partial charge in [0.25, 0.3) is 0 Å². The lowest BCUT2D eigenvalue weighted by molar-refractivity contribution is -0.145. The number of ether oxygens (including phenoxy) is 2. The summed E-state index contributed by atoms with van der Waals surface area (Å²) >= 11 is 8.30. The highest BCUT2D eigenvalue weighted by atomic mass is 32.2. The first kappa shape index (κ1) is 16.4. The zero-order valence-corrected chi connectivity index (χ0v) is 14.9. The molecule has 5 nitrogen and oxygen atoms in total. The summed E-state index contributed by atoms with van der Waals surface area (Å²) in [7, 11) is 2.90. The molecule has 1 aliphatic heterocycles. The number of thiazole rings is 1. The fraction of sp³-hybridized carbons (Fsp3) is 0.333. The van der Waals surface area contributed by atoms with E-state index in [1.54, 1.807) is 30.0 Å². The van der Waals surface area contributed by atoms with Crippen LogP contribution < -0.4 is 4.74 Å². The standard InChI is InChI=1S/C15H15NO4S3/c1-19-10-5-7(3-4-9(10)17)11-8(14(18)20-2)6-22-13-12(11)23-15(21)16-13/h3-5,8,11,17H,6H2,1-2H3,(H,16,21). The Morgan fingerprint density at radius 2 is 2.22 bits per heavy atom. The Labute approximate surface area is 146 Å². The fourth-order valence-corrected chi connectivity index (χ4v) is 5.56. The van der Waals surface area contributed by atoms with Gasteiger partial charge in [-0.3, -0.25) is 4.79 Å². The zero-order chi connectivity index (χ0) is 16.6. The van der Waals surface area contributed by atoms with Gasteiger partial charge in [-0.2, -0.15) is 0 Å². The van der Waals surface area contributed by atoms with Crippen molar-refractivity contribution < 1.29 is 19.4 Å². The monoisotopic (exact) mass is 369 g/mol. The number of aromatic nitrogens is 1. The van der Waals surface area contributed by atoms with Crippen molar-refractivity contribution in [3.8, 4) is 11.5 Å². The summed E-state index contributed by atoms with van der Waals surface area (Å²) < 4.78 is 10.9. The highest BCUT2D eigenvalue weighted by Gasteiger charge is 2.38. The molecule has 2 N–H and O–H groups in total. The summed E-state index contributed by atoms with van der Waals surface area (Å²) in [5, 5.41) is 10.8. The number of hydrogen-bond acceptors (Lipinski definition) is 7. The largest absolute Gasteiger partial charge is 0.504 e. The molecule has 23 heavy (non-hydrogen) atoms. The van der Waals surface area contributed by atoms with Gasteiger partial charge in [-0.25, -0.2) is 0 Å². The van der Waals surface area contributed by atoms with E-state index in [2.05, 4.69) is 4.98 Å². The number of carbonyl (C=O) groups is 1. The molecule has 0 radical (unpaired) electrons. The highest BCUT2D eigenvalue weighted by molar-refractivity contribution is 7.99. The number of phenolic OH excluding ortho intramolecular Hbond substituents is 1. The van der Waals surface area contributed by atoms with Crippen molar-refractivity contribution in [1.29, 1.82) is 0 Å². The van der Waals surface area contributed by atoms with Gasteiger partial charge < -0.3 is 19.6 Å². The number of aromatic amines is 1. The SMILES string of the molecule is COC(=O)C1CSc2[nH]c(=S)sc2C1c1ccc(O)c(OC)c1. The molecule has 1 aliphatic rings. The lowest BCUT2D eigenvalue weighted by Gasteiger charge is -2.29. The van der Waals surface area contributed by atoms with Gasteiger partial charge in [0.15, 0.2) is 15.5 Å². The molecule has 0 amide bonds. The minimum Gasteiger partial charge on any atom is -0.504 e. The number of hydrogen-bond donors (Lipinski definition) is 2. The van der Waals surface area contributed by atoms with Crippen LogP contribution in [0.3, 0.4) is 0 Å². The second-order valence-electron chi connectivity index (χ2n) is 5.06. The van der Waals surface area contributed by atoms with Crippen LogP contribution in [0, 0.1) is 9.87 Å². The lowest BCUT2D eigenvalue weighted by Crippen LogP contribution is -2.29. The molecule has 2 heterocycles. The Morgan fingerprint density at radius 3 is 2.91 bits per heavy atom. The minimum absolute atomic E-state index is 0.0676. The molecule has 8 heteroatoms.